The second-order valence-corrected chi connectivity index (χ2v) is 6.51. The zero-order valence-electron chi connectivity index (χ0n) is 9.61. The Morgan fingerprint density at radius 3 is 2.82 bits per heavy atom. The van der Waals surface area contributed by atoms with Gasteiger partial charge in [0.1, 0.15) is 0 Å². The highest BCUT2D eigenvalue weighted by Gasteiger charge is 2.22. The van der Waals surface area contributed by atoms with Crippen molar-refractivity contribution >= 4 is 21.8 Å². The van der Waals surface area contributed by atoms with E-state index in [9.17, 15) is 8.42 Å². The van der Waals surface area contributed by atoms with Gasteiger partial charge in [-0.05, 0) is 34.9 Å². The number of nitrogens with one attached hydrogen (secondary N) is 1. The highest BCUT2D eigenvalue weighted by molar-refractivity contribution is 7.88. The molecule has 0 unspecified atom stereocenters. The van der Waals surface area contributed by atoms with Crippen LogP contribution in [0.1, 0.15) is 16.7 Å². The third kappa shape index (κ3) is 2.98. The van der Waals surface area contributed by atoms with Crippen molar-refractivity contribution in [3.05, 3.63) is 34.9 Å². The molecule has 0 amide bonds. The molecule has 0 saturated heterocycles. The molecule has 17 heavy (non-hydrogen) atoms. The lowest BCUT2D eigenvalue weighted by Gasteiger charge is -2.27. The molecule has 0 aromatic heterocycles. The van der Waals surface area contributed by atoms with Crippen LogP contribution in [0.2, 0.25) is 0 Å². The first-order chi connectivity index (χ1) is 8.00. The fourth-order valence-electron chi connectivity index (χ4n) is 2.05. The zero-order chi connectivity index (χ0) is 12.5. The first kappa shape index (κ1) is 12.8. The Morgan fingerprint density at radius 2 is 2.18 bits per heavy atom. The number of sulfonamides is 1. The summed E-state index contributed by atoms with van der Waals surface area (Å²) in [6.07, 6.45) is 2.03. The lowest BCUT2D eigenvalue weighted by molar-refractivity contribution is 0.394. The number of nitrogens with zero attached hydrogens (tertiary/aromatic N) is 1. The van der Waals surface area contributed by atoms with E-state index in [2.05, 4.69) is 10.9 Å². The van der Waals surface area contributed by atoms with Crippen molar-refractivity contribution in [2.24, 2.45) is 0 Å². The van der Waals surface area contributed by atoms with Crippen LogP contribution in [0.15, 0.2) is 18.2 Å². The lowest BCUT2D eigenvalue weighted by atomic mass is 9.99. The molecule has 1 aliphatic heterocycles. The van der Waals surface area contributed by atoms with Crippen molar-refractivity contribution in [2.45, 2.75) is 19.5 Å². The average Bonchev–Trinajstić information content (AvgIpc) is 2.27. The summed E-state index contributed by atoms with van der Waals surface area (Å²) in [4.78, 5) is 2.57. The maximum atomic E-state index is 11.5. The van der Waals surface area contributed by atoms with Gasteiger partial charge in [0.25, 0.3) is 0 Å². The van der Waals surface area contributed by atoms with Crippen LogP contribution in [-0.4, -0.2) is 25.5 Å². The van der Waals surface area contributed by atoms with E-state index in [0.29, 0.717) is 19.6 Å². The van der Waals surface area contributed by atoms with Crippen LogP contribution in [0.5, 0.6) is 0 Å². The van der Waals surface area contributed by atoms with Gasteiger partial charge in [0.15, 0.2) is 0 Å². The molecule has 0 fully saturated rings. The van der Waals surface area contributed by atoms with Gasteiger partial charge in [-0.25, -0.2) is 13.3 Å². The van der Waals surface area contributed by atoms with Gasteiger partial charge in [0.2, 0.25) is 10.0 Å². The summed E-state index contributed by atoms with van der Waals surface area (Å²) in [7, 11) is -3.10. The molecule has 94 valence electrons. The minimum absolute atomic E-state index is 0.463. The molecule has 0 aliphatic carbocycles. The van der Waals surface area contributed by atoms with E-state index in [0.717, 1.165) is 17.5 Å². The predicted octanol–water partition coefficient (Wildman–Crippen LogP) is 1.25. The Kier molecular flexibility index (Phi) is 3.73. The van der Waals surface area contributed by atoms with Crippen LogP contribution in [0.4, 0.5) is 0 Å². The highest BCUT2D eigenvalue weighted by atomic mass is 35.5. The molecule has 0 radical (unpaired) electrons. The van der Waals surface area contributed by atoms with Crippen molar-refractivity contribution in [2.75, 3.05) is 12.8 Å². The van der Waals surface area contributed by atoms with Crippen LogP contribution in [0.3, 0.4) is 0 Å². The van der Waals surface area contributed by atoms with Crippen LogP contribution < -0.4 is 4.84 Å². The molecule has 1 aromatic carbocycles. The SMILES string of the molecule is CS(=O)(=O)N1CCc2ccc(CNCl)cc2C1. The van der Waals surface area contributed by atoms with Gasteiger partial charge in [0, 0.05) is 19.6 Å². The van der Waals surface area contributed by atoms with E-state index < -0.39 is 10.0 Å². The first-order valence-electron chi connectivity index (χ1n) is 5.40. The van der Waals surface area contributed by atoms with Crippen LogP contribution in [-0.2, 0) is 29.5 Å². The smallest absolute Gasteiger partial charge is 0.211 e. The molecule has 1 heterocycles. The number of halogens is 1. The Labute approximate surface area is 107 Å². The molecule has 2 rings (SSSR count). The summed E-state index contributed by atoms with van der Waals surface area (Å²) in [5, 5.41) is 0. The molecule has 4 nitrogen and oxygen atoms in total. The van der Waals surface area contributed by atoms with Crippen LogP contribution >= 0.6 is 11.8 Å². The number of fused-ring (bicyclic) bond motifs is 1. The van der Waals surface area contributed by atoms with Crippen molar-refractivity contribution in [3.63, 3.8) is 0 Å². The van der Waals surface area contributed by atoms with Crippen molar-refractivity contribution in [1.82, 2.24) is 9.14 Å². The van der Waals surface area contributed by atoms with Crippen LogP contribution in [0.25, 0.3) is 0 Å². The maximum absolute atomic E-state index is 11.5. The predicted molar refractivity (Wildman–Crippen MR) is 68.1 cm³/mol. The van der Waals surface area contributed by atoms with Gasteiger partial charge in [-0.2, -0.15) is 4.31 Å². The standard InChI is InChI=1S/C11H15ClN2O2S/c1-17(15,16)14-5-4-10-3-2-9(7-13-12)6-11(10)8-14/h2-3,6,13H,4-5,7-8H2,1H3. The van der Waals surface area contributed by atoms with E-state index in [1.165, 1.54) is 16.1 Å². The second-order valence-electron chi connectivity index (χ2n) is 4.26. The summed E-state index contributed by atoms with van der Waals surface area (Å²) in [6, 6.07) is 6.09. The quantitative estimate of drug-likeness (QED) is 0.844. The van der Waals surface area contributed by atoms with E-state index in [1.807, 2.05) is 12.1 Å². The minimum atomic E-state index is -3.10. The number of hydrogen-bond acceptors (Lipinski definition) is 3. The number of benzene rings is 1. The summed E-state index contributed by atoms with van der Waals surface area (Å²) < 4.78 is 24.5. The fourth-order valence-corrected chi connectivity index (χ4v) is 3.01. The molecule has 1 aliphatic rings. The van der Waals surface area contributed by atoms with Gasteiger partial charge in [-0.3, -0.25) is 0 Å². The summed E-state index contributed by atoms with van der Waals surface area (Å²) in [5.41, 5.74) is 3.36. The maximum Gasteiger partial charge on any atom is 0.211 e. The Bertz CT molecular complexity index is 516. The largest absolute Gasteiger partial charge is 0.229 e. The number of rotatable bonds is 3. The van der Waals surface area contributed by atoms with Gasteiger partial charge < -0.3 is 0 Å². The molecular weight excluding hydrogens is 260 g/mol. The third-order valence-electron chi connectivity index (χ3n) is 2.99. The molecule has 1 N–H and O–H groups in total. The van der Waals surface area contributed by atoms with Gasteiger partial charge in [0.05, 0.1) is 6.26 Å². The summed E-state index contributed by atoms with van der Waals surface area (Å²) in [6.45, 7) is 1.61. The lowest BCUT2D eigenvalue weighted by Crippen LogP contribution is -2.35. The van der Waals surface area contributed by atoms with E-state index in [-0.39, 0.29) is 0 Å². The average molecular weight is 275 g/mol. The van der Waals surface area contributed by atoms with Gasteiger partial charge >= 0.3 is 0 Å². The Balaban J connectivity index is 2.26. The summed E-state index contributed by atoms with van der Waals surface area (Å²) >= 11 is 5.46. The fraction of sp³-hybridized carbons (Fsp3) is 0.455. The Morgan fingerprint density at radius 1 is 1.41 bits per heavy atom. The first-order valence-corrected chi connectivity index (χ1v) is 7.62. The summed E-state index contributed by atoms with van der Waals surface area (Å²) in [5.74, 6) is 0. The van der Waals surface area contributed by atoms with Crippen molar-refractivity contribution < 1.29 is 8.42 Å². The molecular formula is C11H15ClN2O2S. The van der Waals surface area contributed by atoms with E-state index >= 15 is 0 Å². The molecule has 0 atom stereocenters. The van der Waals surface area contributed by atoms with Crippen molar-refractivity contribution in [3.8, 4) is 0 Å². The van der Waals surface area contributed by atoms with Gasteiger partial charge in [-0.1, -0.05) is 18.2 Å². The van der Waals surface area contributed by atoms with E-state index in [4.69, 9.17) is 11.8 Å². The van der Waals surface area contributed by atoms with E-state index in [1.54, 1.807) is 0 Å². The topological polar surface area (TPSA) is 49.4 Å². The third-order valence-corrected chi connectivity index (χ3v) is 4.37. The van der Waals surface area contributed by atoms with Crippen LogP contribution in [0, 0.1) is 0 Å². The van der Waals surface area contributed by atoms with Crippen molar-refractivity contribution in [1.29, 1.82) is 0 Å². The van der Waals surface area contributed by atoms with Gasteiger partial charge in [-0.15, -0.1) is 0 Å². The monoisotopic (exact) mass is 274 g/mol. The second kappa shape index (κ2) is 4.94. The highest BCUT2D eigenvalue weighted by Crippen LogP contribution is 2.22. The normalized spacial score (nSPS) is 16.8. The number of hydrogen-bond donors (Lipinski definition) is 1. The minimum Gasteiger partial charge on any atom is -0.229 e. The Hall–Kier alpha value is -0.620. The molecule has 0 bridgehead atoms. The molecule has 1 aromatic rings. The zero-order valence-corrected chi connectivity index (χ0v) is 11.2. The molecule has 6 heteroatoms. The molecule has 0 saturated carbocycles. The molecule has 0 spiro atoms.